The number of ether oxygens (including phenoxy) is 2. The van der Waals surface area contributed by atoms with Crippen LogP contribution in [0, 0.1) is 0 Å². The SMILES string of the molecule is COCc1ccc(CN2CCCC[C@@H]2C(=O)Nc2ccc(Oc3cccnc3)cc2)o1. The van der Waals surface area contributed by atoms with Crippen molar-refractivity contribution in [1.82, 2.24) is 9.88 Å². The van der Waals surface area contributed by atoms with Crippen LogP contribution in [0.1, 0.15) is 30.8 Å². The molecule has 0 spiro atoms. The highest BCUT2D eigenvalue weighted by molar-refractivity contribution is 5.94. The average Bonchev–Trinajstić information content (AvgIpc) is 3.23. The number of amides is 1. The van der Waals surface area contributed by atoms with E-state index >= 15 is 0 Å². The molecular formula is C24H27N3O4. The fraction of sp³-hybridized carbons (Fsp3) is 0.333. The molecule has 0 aliphatic carbocycles. The van der Waals surface area contributed by atoms with E-state index in [1.165, 1.54) is 0 Å². The van der Waals surface area contributed by atoms with Crippen molar-refractivity contribution in [1.29, 1.82) is 0 Å². The number of nitrogens with zero attached hydrogens (tertiary/aromatic N) is 2. The molecule has 1 aromatic carbocycles. The maximum absolute atomic E-state index is 13.0. The Bertz CT molecular complexity index is 972. The molecule has 1 fully saturated rings. The predicted molar refractivity (Wildman–Crippen MR) is 117 cm³/mol. The van der Waals surface area contributed by atoms with E-state index in [9.17, 15) is 4.79 Å². The number of methoxy groups -OCH3 is 1. The molecule has 3 aromatic rings. The molecule has 0 bridgehead atoms. The van der Waals surface area contributed by atoms with Crippen LogP contribution in [0.3, 0.4) is 0 Å². The minimum Gasteiger partial charge on any atom is -0.462 e. The first-order chi connectivity index (χ1) is 15.2. The summed E-state index contributed by atoms with van der Waals surface area (Å²) in [6.07, 6.45) is 6.31. The molecule has 7 nitrogen and oxygen atoms in total. The summed E-state index contributed by atoms with van der Waals surface area (Å²) >= 11 is 0. The maximum atomic E-state index is 13.0. The van der Waals surface area contributed by atoms with E-state index in [0.29, 0.717) is 24.7 Å². The van der Waals surface area contributed by atoms with Gasteiger partial charge in [0.25, 0.3) is 0 Å². The number of anilines is 1. The smallest absolute Gasteiger partial charge is 0.241 e. The summed E-state index contributed by atoms with van der Waals surface area (Å²) in [5.41, 5.74) is 0.745. The monoisotopic (exact) mass is 421 g/mol. The summed E-state index contributed by atoms with van der Waals surface area (Å²) in [6.45, 7) is 1.93. The van der Waals surface area contributed by atoms with E-state index in [0.717, 1.165) is 43.0 Å². The number of hydrogen-bond donors (Lipinski definition) is 1. The van der Waals surface area contributed by atoms with Crippen LogP contribution in [0.25, 0.3) is 0 Å². The van der Waals surface area contributed by atoms with Crippen LogP contribution in [-0.2, 0) is 22.7 Å². The van der Waals surface area contributed by atoms with Crippen LogP contribution in [0.4, 0.5) is 5.69 Å². The van der Waals surface area contributed by atoms with Gasteiger partial charge in [-0.1, -0.05) is 6.42 Å². The molecule has 1 aliphatic rings. The molecule has 1 amide bonds. The Morgan fingerprint density at radius 1 is 1.13 bits per heavy atom. The molecule has 4 rings (SSSR count). The van der Waals surface area contributed by atoms with Crippen molar-refractivity contribution >= 4 is 11.6 Å². The van der Waals surface area contributed by atoms with E-state index in [2.05, 4.69) is 15.2 Å². The quantitative estimate of drug-likeness (QED) is 0.573. The number of carbonyl (C=O) groups excluding carboxylic acids is 1. The number of rotatable bonds is 8. The molecule has 0 radical (unpaired) electrons. The topological polar surface area (TPSA) is 76.8 Å². The van der Waals surface area contributed by atoms with Gasteiger partial charge in [0.1, 0.15) is 29.6 Å². The number of furan rings is 1. The van der Waals surface area contributed by atoms with E-state index in [1.807, 2.05) is 48.5 Å². The predicted octanol–water partition coefficient (Wildman–Crippen LogP) is 4.61. The molecule has 1 saturated heterocycles. The highest BCUT2D eigenvalue weighted by Gasteiger charge is 2.29. The van der Waals surface area contributed by atoms with Crippen molar-refractivity contribution in [2.24, 2.45) is 0 Å². The minimum atomic E-state index is -0.184. The first-order valence-electron chi connectivity index (χ1n) is 10.5. The fourth-order valence-electron chi connectivity index (χ4n) is 3.78. The summed E-state index contributed by atoms with van der Waals surface area (Å²) in [6, 6.07) is 14.7. The Kier molecular flexibility index (Phi) is 6.96. The summed E-state index contributed by atoms with van der Waals surface area (Å²) in [5.74, 6) is 3.01. The van der Waals surface area contributed by atoms with Gasteiger partial charge in [0.15, 0.2) is 0 Å². The molecule has 0 unspecified atom stereocenters. The molecule has 2 aromatic heterocycles. The van der Waals surface area contributed by atoms with Crippen molar-refractivity contribution in [3.05, 3.63) is 72.4 Å². The van der Waals surface area contributed by atoms with Crippen molar-refractivity contribution < 1.29 is 18.7 Å². The lowest BCUT2D eigenvalue weighted by molar-refractivity contribution is -0.122. The summed E-state index contributed by atoms with van der Waals surface area (Å²) in [5, 5.41) is 3.04. The Morgan fingerprint density at radius 2 is 1.97 bits per heavy atom. The van der Waals surface area contributed by atoms with Gasteiger partial charge in [0.2, 0.25) is 5.91 Å². The number of nitrogens with one attached hydrogen (secondary N) is 1. The number of benzene rings is 1. The minimum absolute atomic E-state index is 0.00398. The van der Waals surface area contributed by atoms with Crippen LogP contribution in [0.2, 0.25) is 0 Å². The van der Waals surface area contributed by atoms with E-state index in [4.69, 9.17) is 13.9 Å². The molecule has 1 atom stereocenters. The highest BCUT2D eigenvalue weighted by atomic mass is 16.5. The standard InChI is InChI=1S/C24H27N3O4/c1-29-17-22-12-11-21(31-22)16-27-14-3-2-6-23(27)24(28)26-18-7-9-19(10-8-18)30-20-5-4-13-25-15-20/h4-5,7-13,15,23H,2-3,6,14,16-17H2,1H3,(H,26,28)/t23-/m1/s1. The molecule has 0 saturated carbocycles. The molecule has 3 heterocycles. The molecule has 1 N–H and O–H groups in total. The number of aromatic nitrogens is 1. The number of pyridine rings is 1. The molecule has 1 aliphatic heterocycles. The van der Waals surface area contributed by atoms with Gasteiger partial charge in [-0.15, -0.1) is 0 Å². The summed E-state index contributed by atoms with van der Waals surface area (Å²) in [4.78, 5) is 19.2. The molecule has 31 heavy (non-hydrogen) atoms. The van der Waals surface area contributed by atoms with Crippen molar-refractivity contribution in [3.63, 3.8) is 0 Å². The normalized spacial score (nSPS) is 16.7. The Balaban J connectivity index is 1.36. The second-order valence-electron chi connectivity index (χ2n) is 7.59. The lowest BCUT2D eigenvalue weighted by Gasteiger charge is -2.34. The zero-order valence-corrected chi connectivity index (χ0v) is 17.6. The van der Waals surface area contributed by atoms with Gasteiger partial charge in [-0.3, -0.25) is 14.7 Å². The van der Waals surface area contributed by atoms with Crippen LogP contribution in [0.15, 0.2) is 65.3 Å². The van der Waals surface area contributed by atoms with Crippen LogP contribution < -0.4 is 10.1 Å². The zero-order chi connectivity index (χ0) is 21.5. The Labute approximate surface area is 182 Å². The summed E-state index contributed by atoms with van der Waals surface area (Å²) in [7, 11) is 1.64. The maximum Gasteiger partial charge on any atom is 0.241 e. The lowest BCUT2D eigenvalue weighted by atomic mass is 10.0. The summed E-state index contributed by atoms with van der Waals surface area (Å²) < 4.78 is 16.7. The zero-order valence-electron chi connectivity index (χ0n) is 17.6. The van der Waals surface area contributed by atoms with Crippen molar-refractivity contribution in [2.75, 3.05) is 19.0 Å². The fourth-order valence-corrected chi connectivity index (χ4v) is 3.78. The first kappa shape index (κ1) is 21.1. The van der Waals surface area contributed by atoms with Gasteiger partial charge in [-0.2, -0.15) is 0 Å². The molecule has 162 valence electrons. The number of piperidine rings is 1. The van der Waals surface area contributed by atoms with Gasteiger partial charge in [0, 0.05) is 19.0 Å². The third kappa shape index (κ3) is 5.71. The second-order valence-corrected chi connectivity index (χ2v) is 7.59. The van der Waals surface area contributed by atoms with Crippen LogP contribution in [-0.4, -0.2) is 35.5 Å². The van der Waals surface area contributed by atoms with Gasteiger partial charge in [-0.05, 0) is 67.9 Å². The van der Waals surface area contributed by atoms with Gasteiger partial charge >= 0.3 is 0 Å². The largest absolute Gasteiger partial charge is 0.462 e. The van der Waals surface area contributed by atoms with Crippen LogP contribution >= 0.6 is 0 Å². The molecular weight excluding hydrogens is 394 g/mol. The van der Waals surface area contributed by atoms with Gasteiger partial charge < -0.3 is 19.2 Å². The second kappa shape index (κ2) is 10.2. The average molecular weight is 421 g/mol. The van der Waals surface area contributed by atoms with Crippen molar-refractivity contribution in [3.8, 4) is 11.5 Å². The van der Waals surface area contributed by atoms with E-state index < -0.39 is 0 Å². The first-order valence-corrected chi connectivity index (χ1v) is 10.5. The van der Waals surface area contributed by atoms with Crippen molar-refractivity contribution in [2.45, 2.75) is 38.5 Å². The Hall–Kier alpha value is -3.16. The van der Waals surface area contributed by atoms with Crippen LogP contribution in [0.5, 0.6) is 11.5 Å². The van der Waals surface area contributed by atoms with E-state index in [1.54, 1.807) is 19.5 Å². The Morgan fingerprint density at radius 3 is 2.74 bits per heavy atom. The third-order valence-corrected chi connectivity index (χ3v) is 5.27. The van der Waals surface area contributed by atoms with E-state index in [-0.39, 0.29) is 11.9 Å². The van der Waals surface area contributed by atoms with Gasteiger partial charge in [0.05, 0.1) is 18.8 Å². The highest BCUT2D eigenvalue weighted by Crippen LogP contribution is 2.24. The van der Waals surface area contributed by atoms with Gasteiger partial charge in [-0.25, -0.2) is 0 Å². The molecule has 7 heteroatoms. The third-order valence-electron chi connectivity index (χ3n) is 5.27. The number of hydrogen-bond acceptors (Lipinski definition) is 6. The number of likely N-dealkylation sites (tertiary alicyclic amines) is 1. The lowest BCUT2D eigenvalue weighted by Crippen LogP contribution is -2.46. The number of carbonyl (C=O) groups is 1.